The lowest BCUT2D eigenvalue weighted by atomic mass is 10.1. The van der Waals surface area contributed by atoms with Crippen molar-refractivity contribution in [2.45, 2.75) is 13.5 Å². The van der Waals surface area contributed by atoms with E-state index in [9.17, 15) is 4.79 Å². The van der Waals surface area contributed by atoms with Gasteiger partial charge in [-0.3, -0.25) is 4.79 Å². The summed E-state index contributed by atoms with van der Waals surface area (Å²) in [7, 11) is 0. The first-order valence-corrected chi connectivity index (χ1v) is 7.09. The molecule has 3 nitrogen and oxygen atoms in total. The molecular weight excluding hydrogens is 260 g/mol. The second-order valence-corrected chi connectivity index (χ2v) is 5.26. The van der Waals surface area contributed by atoms with Crippen LogP contribution in [-0.4, -0.2) is 17.3 Å². The molecule has 21 heavy (non-hydrogen) atoms. The zero-order chi connectivity index (χ0) is 14.7. The van der Waals surface area contributed by atoms with Crippen molar-refractivity contribution in [2.75, 3.05) is 6.54 Å². The number of para-hydroxylation sites is 1. The zero-order valence-electron chi connectivity index (χ0n) is 12.0. The number of aromatic nitrogens is 1. The average molecular weight is 278 g/mol. The number of hydrogen-bond acceptors (Lipinski definition) is 2. The molecule has 1 aromatic heterocycles. The van der Waals surface area contributed by atoms with Gasteiger partial charge in [-0.25, -0.2) is 0 Å². The molecule has 0 unspecified atom stereocenters. The fourth-order valence-corrected chi connectivity index (χ4v) is 2.54. The van der Waals surface area contributed by atoms with Gasteiger partial charge in [0.25, 0.3) is 0 Å². The van der Waals surface area contributed by atoms with E-state index in [1.165, 1.54) is 11.1 Å². The lowest BCUT2D eigenvalue weighted by Gasteiger charge is -2.05. The van der Waals surface area contributed by atoms with Crippen LogP contribution in [-0.2, 0) is 6.54 Å². The van der Waals surface area contributed by atoms with Gasteiger partial charge in [-0.2, -0.15) is 0 Å². The van der Waals surface area contributed by atoms with Gasteiger partial charge in [-0.15, -0.1) is 0 Å². The molecule has 0 saturated carbocycles. The number of rotatable bonds is 5. The third kappa shape index (κ3) is 3.03. The first-order valence-electron chi connectivity index (χ1n) is 7.09. The van der Waals surface area contributed by atoms with Crippen LogP contribution in [0.3, 0.4) is 0 Å². The zero-order valence-corrected chi connectivity index (χ0v) is 12.0. The number of hydrogen-bond donors (Lipinski definition) is 2. The number of carbonyl (C=O) groups is 1. The summed E-state index contributed by atoms with van der Waals surface area (Å²) in [5.74, 6) is 0.111. The van der Waals surface area contributed by atoms with Gasteiger partial charge in [-0.1, -0.05) is 48.0 Å². The number of ketones is 1. The summed E-state index contributed by atoms with van der Waals surface area (Å²) in [4.78, 5) is 15.4. The molecule has 0 aliphatic rings. The molecule has 3 aromatic rings. The molecule has 1 heterocycles. The van der Waals surface area contributed by atoms with Crippen LogP contribution < -0.4 is 5.32 Å². The van der Waals surface area contributed by atoms with E-state index in [-0.39, 0.29) is 5.78 Å². The fraction of sp³-hybridized carbons (Fsp3) is 0.167. The Bertz CT molecular complexity index is 773. The number of benzene rings is 2. The summed E-state index contributed by atoms with van der Waals surface area (Å²) >= 11 is 0. The van der Waals surface area contributed by atoms with Gasteiger partial charge in [0.2, 0.25) is 0 Å². The maximum atomic E-state index is 12.3. The molecule has 2 aromatic carbocycles. The molecule has 0 amide bonds. The van der Waals surface area contributed by atoms with E-state index in [4.69, 9.17) is 0 Å². The molecule has 2 N–H and O–H groups in total. The van der Waals surface area contributed by atoms with Crippen LogP contribution in [0.5, 0.6) is 0 Å². The molecule has 3 heteroatoms. The Kier molecular flexibility index (Phi) is 3.84. The Morgan fingerprint density at radius 2 is 2.00 bits per heavy atom. The topological polar surface area (TPSA) is 44.9 Å². The number of H-pyrrole nitrogens is 1. The van der Waals surface area contributed by atoms with Crippen LogP contribution >= 0.6 is 0 Å². The Morgan fingerprint density at radius 3 is 2.86 bits per heavy atom. The van der Waals surface area contributed by atoms with Crippen LogP contribution in [0.25, 0.3) is 10.9 Å². The van der Waals surface area contributed by atoms with E-state index in [0.29, 0.717) is 13.1 Å². The smallest absolute Gasteiger partial charge is 0.178 e. The third-order valence-corrected chi connectivity index (χ3v) is 3.59. The number of aryl methyl sites for hydroxylation is 1. The second-order valence-electron chi connectivity index (χ2n) is 5.26. The van der Waals surface area contributed by atoms with E-state index in [0.717, 1.165) is 16.5 Å². The van der Waals surface area contributed by atoms with Gasteiger partial charge in [0.15, 0.2) is 5.78 Å². The maximum Gasteiger partial charge on any atom is 0.178 e. The van der Waals surface area contributed by atoms with Crippen molar-refractivity contribution in [3.63, 3.8) is 0 Å². The Labute approximate surface area is 124 Å². The molecule has 106 valence electrons. The first kappa shape index (κ1) is 13.6. The van der Waals surface area contributed by atoms with E-state index in [1.54, 1.807) is 6.20 Å². The minimum absolute atomic E-state index is 0.111. The van der Waals surface area contributed by atoms with Gasteiger partial charge in [0.05, 0.1) is 6.54 Å². The molecule has 0 spiro atoms. The highest BCUT2D eigenvalue weighted by atomic mass is 16.1. The lowest BCUT2D eigenvalue weighted by Crippen LogP contribution is -2.22. The monoisotopic (exact) mass is 278 g/mol. The van der Waals surface area contributed by atoms with Gasteiger partial charge >= 0.3 is 0 Å². The lowest BCUT2D eigenvalue weighted by molar-refractivity contribution is 0.0992. The third-order valence-electron chi connectivity index (χ3n) is 3.59. The predicted molar refractivity (Wildman–Crippen MR) is 85.5 cm³/mol. The van der Waals surface area contributed by atoms with Crippen molar-refractivity contribution in [1.82, 2.24) is 10.3 Å². The maximum absolute atomic E-state index is 12.3. The van der Waals surface area contributed by atoms with Crippen LogP contribution in [0.4, 0.5) is 0 Å². The predicted octanol–water partition coefficient (Wildman–Crippen LogP) is 3.45. The molecule has 0 aliphatic heterocycles. The number of carbonyl (C=O) groups excluding carboxylic acids is 1. The van der Waals surface area contributed by atoms with Crippen molar-refractivity contribution < 1.29 is 4.79 Å². The van der Waals surface area contributed by atoms with Crippen molar-refractivity contribution in [1.29, 1.82) is 0 Å². The standard InChI is InChI=1S/C18H18N2O/c1-13-5-4-6-14(9-13)10-19-12-18(21)16-11-20-17-8-3-2-7-15(16)17/h2-9,11,19-20H,10,12H2,1H3. The second kappa shape index (κ2) is 5.94. The average Bonchev–Trinajstić information content (AvgIpc) is 2.91. The number of Topliss-reactive ketones (excluding diaryl/α,β-unsaturated/α-hetero) is 1. The van der Waals surface area contributed by atoms with Crippen molar-refractivity contribution in [3.8, 4) is 0 Å². The minimum Gasteiger partial charge on any atom is -0.360 e. The normalized spacial score (nSPS) is 10.9. The molecule has 0 bridgehead atoms. The van der Waals surface area contributed by atoms with Crippen molar-refractivity contribution in [3.05, 3.63) is 71.4 Å². The summed E-state index contributed by atoms with van der Waals surface area (Å²) in [5, 5.41) is 4.20. The summed E-state index contributed by atoms with van der Waals surface area (Å²) in [6.45, 7) is 3.12. The van der Waals surface area contributed by atoms with E-state index >= 15 is 0 Å². The van der Waals surface area contributed by atoms with Gasteiger partial charge in [0, 0.05) is 29.2 Å². The summed E-state index contributed by atoms with van der Waals surface area (Å²) < 4.78 is 0. The highest BCUT2D eigenvalue weighted by molar-refractivity contribution is 6.08. The molecule has 0 saturated heterocycles. The van der Waals surface area contributed by atoms with Crippen LogP contribution in [0, 0.1) is 6.92 Å². The van der Waals surface area contributed by atoms with E-state index in [2.05, 4.69) is 35.4 Å². The number of nitrogens with one attached hydrogen (secondary N) is 2. The molecule has 0 atom stereocenters. The fourth-order valence-electron chi connectivity index (χ4n) is 2.54. The number of fused-ring (bicyclic) bond motifs is 1. The minimum atomic E-state index is 0.111. The van der Waals surface area contributed by atoms with Crippen LogP contribution in [0.1, 0.15) is 21.5 Å². The Balaban J connectivity index is 1.64. The highest BCUT2D eigenvalue weighted by Crippen LogP contribution is 2.17. The van der Waals surface area contributed by atoms with Crippen LogP contribution in [0.15, 0.2) is 54.7 Å². The molecule has 0 aliphatic carbocycles. The number of aromatic amines is 1. The summed E-state index contributed by atoms with van der Waals surface area (Å²) in [6, 6.07) is 16.2. The largest absolute Gasteiger partial charge is 0.360 e. The Hall–Kier alpha value is -2.39. The Morgan fingerprint density at radius 1 is 1.14 bits per heavy atom. The van der Waals surface area contributed by atoms with E-state index in [1.807, 2.05) is 30.3 Å². The molecule has 0 radical (unpaired) electrons. The highest BCUT2D eigenvalue weighted by Gasteiger charge is 2.10. The van der Waals surface area contributed by atoms with E-state index < -0.39 is 0 Å². The van der Waals surface area contributed by atoms with Crippen LogP contribution in [0.2, 0.25) is 0 Å². The molecule has 0 fully saturated rings. The molecular formula is C18H18N2O. The van der Waals surface area contributed by atoms with Gasteiger partial charge in [0.1, 0.15) is 0 Å². The summed E-state index contributed by atoms with van der Waals surface area (Å²) in [6.07, 6.45) is 1.79. The van der Waals surface area contributed by atoms with Crippen molar-refractivity contribution >= 4 is 16.7 Å². The van der Waals surface area contributed by atoms with Gasteiger partial charge < -0.3 is 10.3 Å². The summed E-state index contributed by atoms with van der Waals surface area (Å²) in [5.41, 5.74) is 4.18. The SMILES string of the molecule is Cc1cccc(CNCC(=O)c2c[nH]c3ccccc23)c1. The molecule has 3 rings (SSSR count). The first-order chi connectivity index (χ1) is 10.2. The quantitative estimate of drug-likeness (QED) is 0.702. The van der Waals surface area contributed by atoms with Crippen molar-refractivity contribution in [2.24, 2.45) is 0 Å². The van der Waals surface area contributed by atoms with Gasteiger partial charge in [-0.05, 0) is 18.6 Å².